The Kier molecular flexibility index (Phi) is 6.97. The fraction of sp³-hybridized carbons (Fsp3) is 0.933. The summed E-state index contributed by atoms with van der Waals surface area (Å²) in [7, 11) is 2.19. The van der Waals surface area contributed by atoms with Gasteiger partial charge in [0.05, 0.1) is 0 Å². The van der Waals surface area contributed by atoms with Gasteiger partial charge in [0.25, 0.3) is 0 Å². The van der Waals surface area contributed by atoms with Gasteiger partial charge in [0, 0.05) is 44.6 Å². The molecule has 1 saturated heterocycles. The number of nitrogens with one attached hydrogen (secondary N) is 1. The van der Waals surface area contributed by atoms with Gasteiger partial charge in [-0.25, -0.2) is 0 Å². The first kappa shape index (κ1) is 16.6. The predicted molar refractivity (Wildman–Crippen MR) is 80.5 cm³/mol. The van der Waals surface area contributed by atoms with Crippen LogP contribution in [-0.4, -0.2) is 68.4 Å². The Morgan fingerprint density at radius 3 is 2.32 bits per heavy atom. The Morgan fingerprint density at radius 1 is 1.11 bits per heavy atom. The number of hydrogen-bond donors (Lipinski definition) is 1. The van der Waals surface area contributed by atoms with Crippen molar-refractivity contribution in [1.82, 2.24) is 15.1 Å². The zero-order valence-corrected chi connectivity index (χ0v) is 13.2. The summed E-state index contributed by atoms with van der Waals surface area (Å²) >= 11 is 0. The minimum absolute atomic E-state index is 0.193. The first-order valence-corrected chi connectivity index (χ1v) is 7.54. The maximum atomic E-state index is 11.7. The van der Waals surface area contributed by atoms with Crippen molar-refractivity contribution in [3.63, 3.8) is 0 Å². The summed E-state index contributed by atoms with van der Waals surface area (Å²) in [4.78, 5) is 16.6. The van der Waals surface area contributed by atoms with Crippen molar-refractivity contribution in [2.24, 2.45) is 5.41 Å². The SMILES string of the molecule is CN1CCN(CCCNCCC(=O)C(C)(C)C)CC1. The molecule has 0 aliphatic carbocycles. The first-order chi connectivity index (χ1) is 8.89. The molecule has 1 fully saturated rings. The molecule has 112 valence electrons. The van der Waals surface area contributed by atoms with Crippen molar-refractivity contribution < 1.29 is 4.79 Å². The van der Waals surface area contributed by atoms with Crippen LogP contribution in [0.25, 0.3) is 0 Å². The smallest absolute Gasteiger partial charge is 0.139 e. The number of nitrogens with zero attached hydrogens (tertiary/aromatic N) is 2. The van der Waals surface area contributed by atoms with Gasteiger partial charge in [-0.1, -0.05) is 20.8 Å². The average Bonchev–Trinajstić information content (AvgIpc) is 2.34. The molecule has 0 radical (unpaired) electrons. The summed E-state index contributed by atoms with van der Waals surface area (Å²) in [5.41, 5.74) is -0.193. The molecule has 1 rings (SSSR count). The third-order valence-corrected chi connectivity index (χ3v) is 3.79. The van der Waals surface area contributed by atoms with Gasteiger partial charge in [0.2, 0.25) is 0 Å². The molecule has 0 aromatic heterocycles. The summed E-state index contributed by atoms with van der Waals surface area (Å²) in [5.74, 6) is 0.346. The van der Waals surface area contributed by atoms with Crippen molar-refractivity contribution in [3.8, 4) is 0 Å². The minimum atomic E-state index is -0.193. The molecular formula is C15H31N3O. The highest BCUT2D eigenvalue weighted by molar-refractivity contribution is 5.83. The Bertz CT molecular complexity index is 265. The van der Waals surface area contributed by atoms with E-state index in [0.717, 1.165) is 13.1 Å². The largest absolute Gasteiger partial charge is 0.316 e. The molecule has 0 atom stereocenters. The zero-order chi connectivity index (χ0) is 14.3. The van der Waals surface area contributed by atoms with Gasteiger partial charge in [-0.15, -0.1) is 0 Å². The topological polar surface area (TPSA) is 35.6 Å². The van der Waals surface area contributed by atoms with Crippen LogP contribution in [0.3, 0.4) is 0 Å². The quantitative estimate of drug-likeness (QED) is 0.705. The van der Waals surface area contributed by atoms with E-state index in [9.17, 15) is 4.79 Å². The van der Waals surface area contributed by atoms with E-state index >= 15 is 0 Å². The number of hydrogen-bond acceptors (Lipinski definition) is 4. The van der Waals surface area contributed by atoms with E-state index in [0.29, 0.717) is 12.2 Å². The molecule has 1 heterocycles. The van der Waals surface area contributed by atoms with Crippen molar-refractivity contribution in [1.29, 1.82) is 0 Å². The Morgan fingerprint density at radius 2 is 1.74 bits per heavy atom. The molecule has 0 aromatic rings. The van der Waals surface area contributed by atoms with Crippen LogP contribution in [0, 0.1) is 5.41 Å². The first-order valence-electron chi connectivity index (χ1n) is 7.54. The minimum Gasteiger partial charge on any atom is -0.316 e. The molecule has 0 amide bonds. The van der Waals surface area contributed by atoms with Gasteiger partial charge in [-0.2, -0.15) is 0 Å². The lowest BCUT2D eigenvalue weighted by Crippen LogP contribution is -2.45. The third-order valence-electron chi connectivity index (χ3n) is 3.79. The molecule has 1 aliphatic heterocycles. The van der Waals surface area contributed by atoms with Crippen LogP contribution in [0.1, 0.15) is 33.6 Å². The molecular weight excluding hydrogens is 238 g/mol. The number of carbonyl (C=O) groups excluding carboxylic acids is 1. The number of carbonyl (C=O) groups is 1. The van der Waals surface area contributed by atoms with E-state index < -0.39 is 0 Å². The number of piperazine rings is 1. The van der Waals surface area contributed by atoms with Gasteiger partial charge >= 0.3 is 0 Å². The van der Waals surface area contributed by atoms with Crippen molar-refractivity contribution in [3.05, 3.63) is 0 Å². The monoisotopic (exact) mass is 269 g/mol. The summed E-state index contributed by atoms with van der Waals surface area (Å²) in [5, 5.41) is 3.38. The van der Waals surface area contributed by atoms with Crippen molar-refractivity contribution >= 4 is 5.78 Å². The molecule has 0 spiro atoms. The normalized spacial score (nSPS) is 18.7. The van der Waals surface area contributed by atoms with Gasteiger partial charge in [0.1, 0.15) is 5.78 Å². The lowest BCUT2D eigenvalue weighted by molar-refractivity contribution is -0.126. The highest BCUT2D eigenvalue weighted by atomic mass is 16.1. The molecule has 0 aromatic carbocycles. The summed E-state index contributed by atoms with van der Waals surface area (Å²) in [6.45, 7) is 13.7. The number of Topliss-reactive ketones (excluding diaryl/α,β-unsaturated/α-hetero) is 1. The van der Waals surface area contributed by atoms with E-state index in [4.69, 9.17) is 0 Å². The fourth-order valence-electron chi connectivity index (χ4n) is 2.20. The Hall–Kier alpha value is -0.450. The van der Waals surface area contributed by atoms with Crippen LogP contribution in [-0.2, 0) is 4.79 Å². The second kappa shape index (κ2) is 7.98. The van der Waals surface area contributed by atoms with Gasteiger partial charge < -0.3 is 15.1 Å². The van der Waals surface area contributed by atoms with Crippen molar-refractivity contribution in [2.75, 3.05) is 52.9 Å². The summed E-state index contributed by atoms with van der Waals surface area (Å²) in [6.07, 6.45) is 1.82. The van der Waals surface area contributed by atoms with E-state index in [1.165, 1.54) is 39.1 Å². The lowest BCUT2D eigenvalue weighted by Gasteiger charge is -2.32. The van der Waals surface area contributed by atoms with E-state index in [-0.39, 0.29) is 5.41 Å². The second-order valence-electron chi connectivity index (χ2n) is 6.67. The van der Waals surface area contributed by atoms with Crippen LogP contribution < -0.4 is 5.32 Å². The van der Waals surface area contributed by atoms with Gasteiger partial charge in [0.15, 0.2) is 0 Å². The highest BCUT2D eigenvalue weighted by Crippen LogP contribution is 2.15. The van der Waals surface area contributed by atoms with Crippen LogP contribution in [0.2, 0.25) is 0 Å². The number of likely N-dealkylation sites (N-methyl/N-ethyl adjacent to an activating group) is 1. The molecule has 0 bridgehead atoms. The second-order valence-corrected chi connectivity index (χ2v) is 6.67. The Balaban J connectivity index is 1.96. The van der Waals surface area contributed by atoms with Crippen LogP contribution >= 0.6 is 0 Å². The summed E-state index contributed by atoms with van der Waals surface area (Å²) < 4.78 is 0. The highest BCUT2D eigenvalue weighted by Gasteiger charge is 2.19. The van der Waals surface area contributed by atoms with Crippen LogP contribution in [0.5, 0.6) is 0 Å². The zero-order valence-electron chi connectivity index (χ0n) is 13.2. The molecule has 19 heavy (non-hydrogen) atoms. The maximum absolute atomic E-state index is 11.7. The molecule has 4 nitrogen and oxygen atoms in total. The van der Waals surface area contributed by atoms with Crippen molar-refractivity contribution in [2.45, 2.75) is 33.6 Å². The number of ketones is 1. The molecule has 0 unspecified atom stereocenters. The number of rotatable bonds is 7. The summed E-state index contributed by atoms with van der Waals surface area (Å²) in [6, 6.07) is 0. The standard InChI is InChI=1S/C15H31N3O/c1-15(2,3)14(19)6-8-16-7-5-9-18-12-10-17(4)11-13-18/h16H,5-13H2,1-4H3. The molecule has 1 aliphatic rings. The lowest BCUT2D eigenvalue weighted by atomic mass is 9.89. The fourth-order valence-corrected chi connectivity index (χ4v) is 2.20. The maximum Gasteiger partial charge on any atom is 0.139 e. The van der Waals surface area contributed by atoms with E-state index in [1.54, 1.807) is 0 Å². The van der Waals surface area contributed by atoms with Gasteiger partial charge in [-0.05, 0) is 26.6 Å². The average molecular weight is 269 g/mol. The Labute approximate surface area is 118 Å². The van der Waals surface area contributed by atoms with Gasteiger partial charge in [-0.3, -0.25) is 4.79 Å². The van der Waals surface area contributed by atoms with Crippen LogP contribution in [0.4, 0.5) is 0 Å². The molecule has 1 N–H and O–H groups in total. The predicted octanol–water partition coefficient (Wildman–Crippen LogP) is 1.22. The third kappa shape index (κ3) is 7.04. The van der Waals surface area contributed by atoms with Crippen LogP contribution in [0.15, 0.2) is 0 Å². The van der Waals surface area contributed by atoms with E-state index in [2.05, 4.69) is 22.2 Å². The van der Waals surface area contributed by atoms with E-state index in [1.807, 2.05) is 20.8 Å². The molecule has 0 saturated carbocycles. The molecule has 4 heteroatoms.